The Hall–Kier alpha value is -1.71. The zero-order valence-corrected chi connectivity index (χ0v) is 18.2. The van der Waals surface area contributed by atoms with Gasteiger partial charge in [0.15, 0.2) is 0 Å². The topological polar surface area (TPSA) is 95.8 Å². The van der Waals surface area contributed by atoms with Crippen molar-refractivity contribution in [2.45, 2.75) is 43.0 Å². The lowest BCUT2D eigenvalue weighted by atomic mass is 9.79. The third-order valence-corrected chi connectivity index (χ3v) is 9.93. The van der Waals surface area contributed by atoms with Crippen LogP contribution < -0.4 is 5.32 Å². The van der Waals surface area contributed by atoms with Crippen LogP contribution >= 0.6 is 0 Å². The molecule has 1 saturated heterocycles. The van der Waals surface area contributed by atoms with Crippen LogP contribution in [0.4, 0.5) is 11.4 Å². The van der Waals surface area contributed by atoms with Crippen molar-refractivity contribution in [1.82, 2.24) is 9.21 Å². The fourth-order valence-electron chi connectivity index (χ4n) is 6.56. The second-order valence-electron chi connectivity index (χ2n) is 9.55. The Balaban J connectivity index is 1.37. The molecule has 1 N–H and O–H groups in total. The number of likely N-dealkylation sites (N-methyl/N-ethyl adjacent to an activating group) is 1. The van der Waals surface area contributed by atoms with E-state index in [0.717, 1.165) is 24.2 Å². The van der Waals surface area contributed by atoms with E-state index >= 15 is 0 Å². The van der Waals surface area contributed by atoms with Crippen LogP contribution in [0.25, 0.3) is 0 Å². The average Bonchev–Trinajstić information content (AvgIpc) is 3.42. The summed E-state index contributed by atoms with van der Waals surface area (Å²) in [7, 11) is -1.77. The minimum absolute atomic E-state index is 0.00750. The van der Waals surface area contributed by atoms with E-state index < -0.39 is 14.9 Å². The first-order valence-electron chi connectivity index (χ1n) is 11.1. The van der Waals surface area contributed by atoms with Crippen molar-refractivity contribution in [2.75, 3.05) is 38.5 Å². The third kappa shape index (κ3) is 3.31. The van der Waals surface area contributed by atoms with Crippen LogP contribution in [0.2, 0.25) is 0 Å². The van der Waals surface area contributed by atoms with Crippen LogP contribution in [0.5, 0.6) is 0 Å². The molecule has 0 radical (unpaired) electrons. The second kappa shape index (κ2) is 7.46. The van der Waals surface area contributed by atoms with Crippen molar-refractivity contribution >= 4 is 21.4 Å². The Morgan fingerprint density at radius 3 is 2.53 bits per heavy atom. The zero-order chi connectivity index (χ0) is 21.0. The maximum atomic E-state index is 13.0. The molecule has 1 aliphatic heterocycles. The smallest absolute Gasteiger partial charge is 0.293 e. The normalized spacial score (nSPS) is 34.2. The molecule has 0 amide bonds. The van der Waals surface area contributed by atoms with Gasteiger partial charge >= 0.3 is 0 Å². The highest BCUT2D eigenvalue weighted by molar-refractivity contribution is 7.89. The predicted molar refractivity (Wildman–Crippen MR) is 114 cm³/mol. The van der Waals surface area contributed by atoms with Crippen LogP contribution in [-0.2, 0) is 10.0 Å². The maximum Gasteiger partial charge on any atom is 0.293 e. The van der Waals surface area contributed by atoms with Crippen LogP contribution in [0.15, 0.2) is 23.1 Å². The molecule has 0 spiro atoms. The van der Waals surface area contributed by atoms with Gasteiger partial charge in [0.25, 0.3) is 5.69 Å². The zero-order valence-electron chi connectivity index (χ0n) is 17.4. The summed E-state index contributed by atoms with van der Waals surface area (Å²) in [5.74, 6) is 2.96. The van der Waals surface area contributed by atoms with Gasteiger partial charge in [-0.1, -0.05) is 6.42 Å². The largest absolute Gasteiger partial charge is 0.376 e. The summed E-state index contributed by atoms with van der Waals surface area (Å²) in [5.41, 5.74) is 0.306. The number of hydrogen-bond donors (Lipinski definition) is 1. The average molecular weight is 435 g/mol. The first kappa shape index (κ1) is 20.2. The maximum absolute atomic E-state index is 13.0. The summed E-state index contributed by atoms with van der Waals surface area (Å²) in [5, 5.41) is 15.2. The van der Waals surface area contributed by atoms with Gasteiger partial charge in [0.2, 0.25) is 10.0 Å². The molecule has 3 aliphatic carbocycles. The van der Waals surface area contributed by atoms with E-state index in [9.17, 15) is 18.5 Å². The monoisotopic (exact) mass is 434 g/mol. The van der Waals surface area contributed by atoms with Crippen molar-refractivity contribution in [3.63, 3.8) is 0 Å². The van der Waals surface area contributed by atoms with Gasteiger partial charge in [-0.3, -0.25) is 10.1 Å². The first-order valence-corrected chi connectivity index (χ1v) is 12.5. The van der Waals surface area contributed by atoms with Crippen molar-refractivity contribution < 1.29 is 13.3 Å². The van der Waals surface area contributed by atoms with Gasteiger partial charge in [-0.2, -0.15) is 4.31 Å². The minimum Gasteiger partial charge on any atom is -0.376 e. The van der Waals surface area contributed by atoms with Crippen molar-refractivity contribution in [3.8, 4) is 0 Å². The molecule has 4 aliphatic rings. The van der Waals surface area contributed by atoms with Crippen molar-refractivity contribution in [2.24, 2.45) is 23.7 Å². The van der Waals surface area contributed by atoms with Gasteiger partial charge in [0.05, 0.1) is 9.82 Å². The standard InChI is InChI=1S/C21H30N4O4S/c1-23-7-9-24(10-8-23)30(28,29)15-5-6-19(21(13-15)25(26)27)22-20-12-14-11-18(20)17-4-2-3-16(14)17/h5-6,13-14,16-18,20,22H,2-4,7-12H2,1H3/t14-,16-,17-,18+,20-/m1/s1. The highest BCUT2D eigenvalue weighted by Gasteiger charge is 2.53. The number of fused-ring (bicyclic) bond motifs is 5. The van der Waals surface area contributed by atoms with Crippen molar-refractivity contribution in [3.05, 3.63) is 28.3 Å². The molecule has 1 aromatic rings. The van der Waals surface area contributed by atoms with Gasteiger partial charge in [0, 0.05) is 38.3 Å². The molecule has 8 nitrogen and oxygen atoms in total. The van der Waals surface area contributed by atoms with Gasteiger partial charge < -0.3 is 10.2 Å². The molecular weight excluding hydrogens is 404 g/mol. The Kier molecular flexibility index (Phi) is 5.02. The molecule has 0 unspecified atom stereocenters. The number of benzene rings is 1. The van der Waals surface area contributed by atoms with Gasteiger partial charge in [-0.25, -0.2) is 8.42 Å². The van der Waals surface area contributed by atoms with Crippen molar-refractivity contribution in [1.29, 1.82) is 0 Å². The third-order valence-electron chi connectivity index (χ3n) is 8.04. The highest BCUT2D eigenvalue weighted by atomic mass is 32.2. The molecule has 164 valence electrons. The number of nitrogens with zero attached hydrogens (tertiary/aromatic N) is 3. The fraction of sp³-hybridized carbons (Fsp3) is 0.714. The summed E-state index contributed by atoms with van der Waals surface area (Å²) >= 11 is 0. The van der Waals surface area contributed by atoms with E-state index in [1.807, 2.05) is 7.05 Å². The first-order chi connectivity index (χ1) is 14.3. The Bertz CT molecular complexity index is 944. The van der Waals surface area contributed by atoms with E-state index in [1.54, 1.807) is 6.07 Å². The van der Waals surface area contributed by atoms with E-state index in [0.29, 0.717) is 37.8 Å². The number of piperazine rings is 1. The molecule has 5 atom stereocenters. The number of hydrogen-bond acceptors (Lipinski definition) is 6. The number of rotatable bonds is 5. The summed E-state index contributed by atoms with van der Waals surface area (Å²) in [6.07, 6.45) is 6.25. The molecule has 3 saturated carbocycles. The SMILES string of the molecule is CN1CCN(S(=O)(=O)c2ccc(N[C@@H]3C[C@H]4C[C@H]3[C@@H]3CCC[C@H]43)c([N+](=O)[O-])c2)CC1. The van der Waals surface area contributed by atoms with Crippen LogP contribution in [-0.4, -0.2) is 61.8 Å². The molecule has 30 heavy (non-hydrogen) atoms. The molecule has 1 aromatic carbocycles. The second-order valence-corrected chi connectivity index (χ2v) is 11.5. The van der Waals surface area contributed by atoms with Gasteiger partial charge in [-0.15, -0.1) is 0 Å². The lowest BCUT2D eigenvalue weighted by Crippen LogP contribution is -2.47. The van der Waals surface area contributed by atoms with E-state index in [-0.39, 0.29) is 16.6 Å². The molecule has 9 heteroatoms. The Morgan fingerprint density at radius 1 is 1.07 bits per heavy atom. The summed E-state index contributed by atoms with van der Waals surface area (Å²) in [4.78, 5) is 13.4. The molecule has 0 aromatic heterocycles. The lowest BCUT2D eigenvalue weighted by Gasteiger charge is -2.33. The van der Waals surface area contributed by atoms with Gasteiger partial charge in [0.1, 0.15) is 5.69 Å². The summed E-state index contributed by atoms with van der Waals surface area (Å²) in [6, 6.07) is 4.61. The molecule has 2 bridgehead atoms. The molecule has 5 rings (SSSR count). The van der Waals surface area contributed by atoms with E-state index in [2.05, 4.69) is 10.2 Å². The molecular formula is C21H30N4O4S. The number of sulfonamides is 1. The minimum atomic E-state index is -3.73. The van der Waals surface area contributed by atoms with Crippen LogP contribution in [0.1, 0.15) is 32.1 Å². The van der Waals surface area contributed by atoms with Crippen LogP contribution in [0, 0.1) is 33.8 Å². The number of nitrogens with one attached hydrogen (secondary N) is 1. The number of anilines is 1. The fourth-order valence-corrected chi connectivity index (χ4v) is 8.00. The predicted octanol–water partition coefficient (Wildman–Crippen LogP) is 2.77. The Morgan fingerprint density at radius 2 is 1.80 bits per heavy atom. The number of nitro benzene ring substituents is 1. The lowest BCUT2D eigenvalue weighted by molar-refractivity contribution is -0.384. The van der Waals surface area contributed by atoms with E-state index in [4.69, 9.17) is 0 Å². The van der Waals surface area contributed by atoms with Gasteiger partial charge in [-0.05, 0) is 68.5 Å². The highest BCUT2D eigenvalue weighted by Crippen LogP contribution is 2.59. The number of nitro groups is 1. The summed E-state index contributed by atoms with van der Waals surface area (Å²) in [6.45, 7) is 2.13. The summed E-state index contributed by atoms with van der Waals surface area (Å²) < 4.78 is 27.5. The van der Waals surface area contributed by atoms with Crippen LogP contribution in [0.3, 0.4) is 0 Å². The van der Waals surface area contributed by atoms with E-state index in [1.165, 1.54) is 42.1 Å². The molecule has 1 heterocycles. The molecule has 4 fully saturated rings. The quantitative estimate of drug-likeness (QED) is 0.566. The Labute approximate surface area is 177 Å².